The third kappa shape index (κ3) is 3.81. The summed E-state index contributed by atoms with van der Waals surface area (Å²) in [6.45, 7) is 0. The van der Waals surface area contributed by atoms with Gasteiger partial charge in [-0.2, -0.15) is 0 Å². The molecule has 0 amide bonds. The second-order valence-electron chi connectivity index (χ2n) is 4.57. The lowest BCUT2D eigenvalue weighted by Gasteiger charge is -2.10. The van der Waals surface area contributed by atoms with E-state index in [9.17, 15) is 13.2 Å². The Hall–Kier alpha value is -2.54. The zero-order chi connectivity index (χ0) is 16.4. The number of hydrogen-bond acceptors (Lipinski definition) is 4. The molecule has 4 nitrogen and oxygen atoms in total. The maximum atomic E-state index is 12.1. The first-order valence-corrected chi connectivity index (χ1v) is 6.83. The third-order valence-corrected chi connectivity index (χ3v) is 3.21. The van der Waals surface area contributed by atoms with Crippen molar-refractivity contribution in [1.82, 2.24) is 9.97 Å². The molecule has 23 heavy (non-hydrogen) atoms. The van der Waals surface area contributed by atoms with Crippen LogP contribution in [0.15, 0.2) is 48.7 Å². The van der Waals surface area contributed by atoms with Crippen LogP contribution in [0.3, 0.4) is 0 Å². The molecule has 1 aromatic heterocycles. The van der Waals surface area contributed by atoms with E-state index in [1.54, 1.807) is 18.3 Å². The number of ether oxygens (including phenoxy) is 1. The van der Waals surface area contributed by atoms with Gasteiger partial charge in [-0.05, 0) is 30.3 Å². The molecule has 0 saturated carbocycles. The van der Waals surface area contributed by atoms with E-state index in [-0.39, 0.29) is 11.7 Å². The van der Waals surface area contributed by atoms with Crippen molar-refractivity contribution >= 4 is 34.1 Å². The van der Waals surface area contributed by atoms with Crippen molar-refractivity contribution in [3.8, 4) is 5.75 Å². The number of hydrogen-bond donors (Lipinski definition) is 1. The predicted molar refractivity (Wildman–Crippen MR) is 81.0 cm³/mol. The van der Waals surface area contributed by atoms with Crippen molar-refractivity contribution in [3.05, 3.63) is 53.7 Å². The van der Waals surface area contributed by atoms with Crippen LogP contribution in [0.4, 0.5) is 24.8 Å². The Morgan fingerprint density at radius 2 is 1.78 bits per heavy atom. The smallest absolute Gasteiger partial charge is 0.406 e. The Labute approximate surface area is 133 Å². The summed E-state index contributed by atoms with van der Waals surface area (Å²) in [5.74, 6) is -0.0133. The molecule has 0 saturated heterocycles. The fraction of sp³-hybridized carbons (Fsp3) is 0.0667. The van der Waals surface area contributed by atoms with Crippen LogP contribution in [0.1, 0.15) is 0 Å². The van der Waals surface area contributed by atoms with E-state index < -0.39 is 6.36 Å². The summed E-state index contributed by atoms with van der Waals surface area (Å²) in [6.07, 6.45) is -3.11. The number of fused-ring (bicyclic) bond motifs is 1. The monoisotopic (exact) mass is 339 g/mol. The number of halogens is 4. The molecule has 118 valence electrons. The first-order chi connectivity index (χ1) is 10.9. The van der Waals surface area contributed by atoms with Gasteiger partial charge in [0.25, 0.3) is 0 Å². The van der Waals surface area contributed by atoms with Gasteiger partial charge in [-0.15, -0.1) is 13.2 Å². The highest BCUT2D eigenvalue weighted by Gasteiger charge is 2.30. The molecule has 0 spiro atoms. The summed E-state index contributed by atoms with van der Waals surface area (Å²) in [4.78, 5) is 8.42. The highest BCUT2D eigenvalue weighted by molar-refractivity contribution is 6.35. The van der Waals surface area contributed by atoms with Crippen molar-refractivity contribution < 1.29 is 17.9 Å². The maximum Gasteiger partial charge on any atom is 0.573 e. The lowest BCUT2D eigenvalue weighted by molar-refractivity contribution is -0.274. The largest absolute Gasteiger partial charge is 0.573 e. The summed E-state index contributed by atoms with van der Waals surface area (Å²) >= 11 is 6.07. The minimum Gasteiger partial charge on any atom is -0.406 e. The van der Waals surface area contributed by atoms with Crippen LogP contribution in [-0.4, -0.2) is 16.3 Å². The van der Waals surface area contributed by atoms with Gasteiger partial charge in [0.05, 0.1) is 10.5 Å². The van der Waals surface area contributed by atoms with Gasteiger partial charge in [0.2, 0.25) is 5.95 Å². The van der Waals surface area contributed by atoms with E-state index in [1.165, 1.54) is 24.3 Å². The van der Waals surface area contributed by atoms with E-state index in [2.05, 4.69) is 20.0 Å². The molecule has 1 N–H and O–H groups in total. The molecule has 0 atom stereocenters. The number of anilines is 2. The summed E-state index contributed by atoms with van der Waals surface area (Å²) in [5.41, 5.74) is 1.11. The molecule has 8 heteroatoms. The van der Waals surface area contributed by atoms with Crippen LogP contribution >= 0.6 is 11.6 Å². The lowest BCUT2D eigenvalue weighted by Crippen LogP contribution is -2.16. The Kier molecular flexibility index (Phi) is 3.96. The third-order valence-electron chi connectivity index (χ3n) is 2.91. The number of benzene rings is 2. The molecule has 0 aliphatic rings. The summed E-state index contributed by atoms with van der Waals surface area (Å²) in [7, 11) is 0. The van der Waals surface area contributed by atoms with Crippen molar-refractivity contribution in [2.24, 2.45) is 0 Å². The molecular formula is C15H9ClF3N3O. The molecule has 0 fully saturated rings. The lowest BCUT2D eigenvalue weighted by atomic mass is 10.2. The molecule has 2 aromatic carbocycles. The molecule has 3 rings (SSSR count). The van der Waals surface area contributed by atoms with Crippen molar-refractivity contribution in [3.63, 3.8) is 0 Å². The molecule has 0 radical (unpaired) electrons. The van der Waals surface area contributed by atoms with Gasteiger partial charge >= 0.3 is 6.36 Å². The highest BCUT2D eigenvalue weighted by Crippen LogP contribution is 2.26. The minimum atomic E-state index is -4.72. The van der Waals surface area contributed by atoms with E-state index in [4.69, 9.17) is 11.6 Å². The highest BCUT2D eigenvalue weighted by atomic mass is 35.5. The SMILES string of the molecule is FC(F)(F)Oc1ccc(Nc2ncc3cccc(Cl)c3n2)cc1. The maximum absolute atomic E-state index is 12.1. The van der Waals surface area contributed by atoms with Crippen LogP contribution in [-0.2, 0) is 0 Å². The van der Waals surface area contributed by atoms with Crippen molar-refractivity contribution in [2.75, 3.05) is 5.32 Å². The first-order valence-electron chi connectivity index (χ1n) is 6.45. The molecule has 0 unspecified atom stereocenters. The van der Waals surface area contributed by atoms with Gasteiger partial charge in [0.1, 0.15) is 5.75 Å². The quantitative estimate of drug-likeness (QED) is 0.735. The average Bonchev–Trinajstić information content (AvgIpc) is 2.49. The number of aromatic nitrogens is 2. The number of para-hydroxylation sites is 1. The molecule has 0 aliphatic carbocycles. The summed E-state index contributed by atoms with van der Waals surface area (Å²) < 4.78 is 40.1. The Balaban J connectivity index is 1.80. The van der Waals surface area contributed by atoms with Crippen molar-refractivity contribution in [1.29, 1.82) is 0 Å². The van der Waals surface area contributed by atoms with Gasteiger partial charge < -0.3 is 10.1 Å². The van der Waals surface area contributed by atoms with E-state index in [0.29, 0.717) is 16.2 Å². The zero-order valence-corrected chi connectivity index (χ0v) is 12.2. The number of rotatable bonds is 3. The van der Waals surface area contributed by atoms with Crippen LogP contribution in [0.5, 0.6) is 5.75 Å². The number of nitrogens with one attached hydrogen (secondary N) is 1. The summed E-state index contributed by atoms with van der Waals surface area (Å²) in [5, 5.41) is 4.17. The zero-order valence-electron chi connectivity index (χ0n) is 11.4. The number of nitrogens with zero attached hydrogens (tertiary/aromatic N) is 2. The van der Waals surface area contributed by atoms with Gasteiger partial charge in [-0.25, -0.2) is 9.97 Å². The Bertz CT molecular complexity index is 837. The van der Waals surface area contributed by atoms with E-state index in [0.717, 1.165) is 5.39 Å². The average molecular weight is 340 g/mol. The van der Waals surface area contributed by atoms with Crippen LogP contribution in [0, 0.1) is 0 Å². The fourth-order valence-corrected chi connectivity index (χ4v) is 2.17. The molecule has 1 heterocycles. The molecule has 3 aromatic rings. The standard InChI is InChI=1S/C15H9ClF3N3O/c16-12-3-1-2-9-8-20-14(22-13(9)12)21-10-4-6-11(7-5-10)23-15(17,18)19/h1-8H,(H,20,21,22). The van der Waals surface area contributed by atoms with E-state index in [1.807, 2.05) is 6.07 Å². The van der Waals surface area contributed by atoms with Crippen LogP contribution in [0.2, 0.25) is 5.02 Å². The van der Waals surface area contributed by atoms with Gasteiger partial charge in [0.15, 0.2) is 0 Å². The van der Waals surface area contributed by atoms with Gasteiger partial charge in [-0.1, -0.05) is 23.7 Å². The normalized spacial score (nSPS) is 11.5. The van der Waals surface area contributed by atoms with Gasteiger partial charge in [-0.3, -0.25) is 0 Å². The Morgan fingerprint density at radius 1 is 1.04 bits per heavy atom. The molecule has 0 aliphatic heterocycles. The van der Waals surface area contributed by atoms with Gasteiger partial charge in [0, 0.05) is 17.3 Å². The summed E-state index contributed by atoms with van der Waals surface area (Å²) in [6, 6.07) is 10.6. The van der Waals surface area contributed by atoms with Crippen LogP contribution in [0.25, 0.3) is 10.9 Å². The number of alkyl halides is 3. The van der Waals surface area contributed by atoms with E-state index >= 15 is 0 Å². The second kappa shape index (κ2) is 5.92. The fourth-order valence-electron chi connectivity index (χ4n) is 1.95. The Morgan fingerprint density at radius 3 is 2.48 bits per heavy atom. The first kappa shape index (κ1) is 15.4. The van der Waals surface area contributed by atoms with Crippen LogP contribution < -0.4 is 10.1 Å². The topological polar surface area (TPSA) is 47.0 Å². The molecule has 0 bridgehead atoms. The minimum absolute atomic E-state index is 0.287. The second-order valence-corrected chi connectivity index (χ2v) is 4.98. The predicted octanol–water partition coefficient (Wildman–Crippen LogP) is 4.93. The van der Waals surface area contributed by atoms with Crippen molar-refractivity contribution in [2.45, 2.75) is 6.36 Å². The molecular weight excluding hydrogens is 331 g/mol.